The van der Waals surface area contributed by atoms with E-state index in [0.29, 0.717) is 18.1 Å². The van der Waals surface area contributed by atoms with Gasteiger partial charge >= 0.3 is 0 Å². The number of fused-ring (bicyclic) bond motifs is 4. The van der Waals surface area contributed by atoms with Crippen LogP contribution in [0.25, 0.3) is 0 Å². The molecule has 4 aliphatic rings. The van der Waals surface area contributed by atoms with Gasteiger partial charge in [0.2, 0.25) is 0 Å². The van der Waals surface area contributed by atoms with E-state index in [0.717, 1.165) is 35.2 Å². The summed E-state index contributed by atoms with van der Waals surface area (Å²) >= 11 is 0. The Morgan fingerprint density at radius 1 is 0.600 bits per heavy atom. The largest absolute Gasteiger partial charge is 0.490 e. The Morgan fingerprint density at radius 2 is 1.03 bits per heavy atom. The number of rotatable bonds is 6. The van der Waals surface area contributed by atoms with Gasteiger partial charge in [0.15, 0.2) is 0 Å². The molecular weight excluding hydrogens is 368 g/mol. The molecule has 6 atom stereocenters. The summed E-state index contributed by atoms with van der Waals surface area (Å²) in [6.45, 7) is 2.29. The molecule has 6 unspecified atom stereocenters. The van der Waals surface area contributed by atoms with Crippen LogP contribution in [0.4, 0.5) is 0 Å². The lowest BCUT2D eigenvalue weighted by Gasteiger charge is -2.24. The molecule has 4 saturated carbocycles. The third-order valence-electron chi connectivity index (χ3n) is 8.68. The predicted octanol–water partition coefficient (Wildman–Crippen LogP) is 6.97. The average Bonchev–Trinajstić information content (AvgIpc) is 3.57. The van der Waals surface area contributed by atoms with Crippen LogP contribution in [0.15, 0.2) is 48.5 Å². The van der Waals surface area contributed by atoms with Crippen molar-refractivity contribution < 1.29 is 9.47 Å². The number of hydrogen-bond acceptors (Lipinski definition) is 2. The van der Waals surface area contributed by atoms with E-state index in [4.69, 9.17) is 9.47 Å². The van der Waals surface area contributed by atoms with Gasteiger partial charge in [-0.3, -0.25) is 0 Å². The second kappa shape index (κ2) is 7.62. The molecule has 2 aromatic rings. The molecule has 2 nitrogen and oxygen atoms in total. The molecule has 2 aromatic carbocycles. The van der Waals surface area contributed by atoms with Crippen LogP contribution in [0.3, 0.4) is 0 Å². The fourth-order valence-electron chi connectivity index (χ4n) is 6.87. The Hall–Kier alpha value is -1.96. The van der Waals surface area contributed by atoms with E-state index in [1.807, 2.05) is 0 Å². The normalized spacial score (nSPS) is 35.0. The summed E-state index contributed by atoms with van der Waals surface area (Å²) < 4.78 is 12.7. The molecule has 4 bridgehead atoms. The second-order valence-corrected chi connectivity index (χ2v) is 10.5. The Labute approximate surface area is 181 Å². The Morgan fingerprint density at radius 3 is 1.37 bits per heavy atom. The summed E-state index contributed by atoms with van der Waals surface area (Å²) in [7, 11) is 0. The maximum Gasteiger partial charge on any atom is 0.119 e. The lowest BCUT2D eigenvalue weighted by molar-refractivity contribution is 0.138. The lowest BCUT2D eigenvalue weighted by Crippen LogP contribution is -2.23. The van der Waals surface area contributed by atoms with Gasteiger partial charge in [0, 0.05) is 5.92 Å². The minimum absolute atomic E-state index is 0.373. The fraction of sp³-hybridized carbons (Fsp3) is 0.571. The zero-order valence-corrected chi connectivity index (χ0v) is 18.1. The van der Waals surface area contributed by atoms with Crippen molar-refractivity contribution in [2.75, 3.05) is 0 Å². The van der Waals surface area contributed by atoms with Crippen molar-refractivity contribution >= 4 is 0 Å². The highest BCUT2D eigenvalue weighted by atomic mass is 16.5. The molecule has 4 aliphatic carbocycles. The third kappa shape index (κ3) is 3.53. The van der Waals surface area contributed by atoms with Crippen LogP contribution in [-0.4, -0.2) is 12.2 Å². The monoisotopic (exact) mass is 402 g/mol. The van der Waals surface area contributed by atoms with E-state index in [-0.39, 0.29) is 0 Å². The predicted molar refractivity (Wildman–Crippen MR) is 120 cm³/mol. The first-order valence-corrected chi connectivity index (χ1v) is 12.2. The molecule has 0 spiro atoms. The first-order chi connectivity index (χ1) is 14.7. The minimum Gasteiger partial charge on any atom is -0.490 e. The zero-order valence-electron chi connectivity index (χ0n) is 18.1. The number of hydrogen-bond donors (Lipinski definition) is 0. The summed E-state index contributed by atoms with van der Waals surface area (Å²) in [6.07, 6.45) is 11.8. The molecule has 30 heavy (non-hydrogen) atoms. The molecule has 2 heteroatoms. The van der Waals surface area contributed by atoms with Crippen LogP contribution in [0, 0.1) is 23.7 Å². The lowest BCUT2D eigenvalue weighted by atomic mass is 9.93. The van der Waals surface area contributed by atoms with Crippen LogP contribution >= 0.6 is 0 Å². The summed E-state index contributed by atoms with van der Waals surface area (Å²) in [5, 5.41) is 0. The summed E-state index contributed by atoms with van der Waals surface area (Å²) in [5.74, 6) is 5.90. The Bertz CT molecular complexity index is 797. The van der Waals surface area contributed by atoms with E-state index in [9.17, 15) is 0 Å². The van der Waals surface area contributed by atoms with Crippen molar-refractivity contribution in [3.8, 4) is 11.5 Å². The second-order valence-electron chi connectivity index (χ2n) is 10.5. The molecule has 0 amide bonds. The summed E-state index contributed by atoms with van der Waals surface area (Å²) in [6, 6.07) is 17.7. The fourth-order valence-corrected chi connectivity index (χ4v) is 6.87. The maximum absolute atomic E-state index is 6.33. The van der Waals surface area contributed by atoms with Gasteiger partial charge in [-0.05, 0) is 110 Å². The summed E-state index contributed by atoms with van der Waals surface area (Å²) in [5.41, 5.74) is 2.69. The molecule has 0 saturated heterocycles. The molecule has 4 fully saturated rings. The van der Waals surface area contributed by atoms with Gasteiger partial charge in [-0.2, -0.15) is 0 Å². The highest BCUT2D eigenvalue weighted by Crippen LogP contribution is 2.47. The topological polar surface area (TPSA) is 18.5 Å². The highest BCUT2D eigenvalue weighted by molar-refractivity contribution is 5.38. The van der Waals surface area contributed by atoms with Gasteiger partial charge in [0.05, 0.1) is 0 Å². The first kappa shape index (κ1) is 18.8. The molecule has 6 rings (SSSR count). The number of ether oxygens (including phenoxy) is 2. The molecule has 0 N–H and O–H groups in total. The van der Waals surface area contributed by atoms with Crippen LogP contribution in [-0.2, 0) is 0 Å². The van der Waals surface area contributed by atoms with E-state index < -0.39 is 0 Å². The molecule has 0 aromatic heterocycles. The smallest absolute Gasteiger partial charge is 0.119 e. The standard InChI is InChI=1S/C28H34O2/c1-18(21-6-10-25(11-7-21)29-27-16-19-2-4-23(27)14-19)22-8-12-26(13-9-22)30-28-17-20-3-5-24(28)15-20/h6-13,18-20,23-24,27-28H,2-5,14-17H2,1H3. The number of benzene rings is 2. The van der Waals surface area contributed by atoms with Crippen molar-refractivity contribution in [3.63, 3.8) is 0 Å². The quantitative estimate of drug-likeness (QED) is 0.519. The SMILES string of the molecule is CC(c1ccc(OC2CC3CCC2C3)cc1)c1ccc(OC2CC3CCC2C3)cc1. The van der Waals surface area contributed by atoms with Crippen molar-refractivity contribution in [2.24, 2.45) is 23.7 Å². The average molecular weight is 403 g/mol. The van der Waals surface area contributed by atoms with Crippen molar-refractivity contribution in [2.45, 2.75) is 76.4 Å². The van der Waals surface area contributed by atoms with Crippen molar-refractivity contribution in [3.05, 3.63) is 59.7 Å². The van der Waals surface area contributed by atoms with E-state index >= 15 is 0 Å². The summed E-state index contributed by atoms with van der Waals surface area (Å²) in [4.78, 5) is 0. The maximum atomic E-state index is 6.33. The van der Waals surface area contributed by atoms with Crippen LogP contribution in [0.5, 0.6) is 11.5 Å². The van der Waals surface area contributed by atoms with E-state index in [1.54, 1.807) is 0 Å². The van der Waals surface area contributed by atoms with E-state index in [2.05, 4.69) is 55.5 Å². The van der Waals surface area contributed by atoms with Crippen LogP contribution in [0.2, 0.25) is 0 Å². The van der Waals surface area contributed by atoms with Gasteiger partial charge in [-0.1, -0.05) is 31.2 Å². The van der Waals surface area contributed by atoms with Crippen molar-refractivity contribution in [1.82, 2.24) is 0 Å². The Balaban J connectivity index is 1.08. The van der Waals surface area contributed by atoms with Gasteiger partial charge in [-0.15, -0.1) is 0 Å². The van der Waals surface area contributed by atoms with Gasteiger partial charge < -0.3 is 9.47 Å². The highest BCUT2D eigenvalue weighted by Gasteiger charge is 2.41. The molecule has 0 radical (unpaired) electrons. The molecule has 0 heterocycles. The van der Waals surface area contributed by atoms with Crippen molar-refractivity contribution in [1.29, 1.82) is 0 Å². The van der Waals surface area contributed by atoms with E-state index in [1.165, 1.54) is 62.5 Å². The van der Waals surface area contributed by atoms with Gasteiger partial charge in [-0.25, -0.2) is 0 Å². The first-order valence-electron chi connectivity index (χ1n) is 12.2. The van der Waals surface area contributed by atoms with Gasteiger partial charge in [0.25, 0.3) is 0 Å². The molecule has 158 valence electrons. The Kier molecular flexibility index (Phi) is 4.77. The van der Waals surface area contributed by atoms with Crippen LogP contribution in [0.1, 0.15) is 75.3 Å². The molecule has 0 aliphatic heterocycles. The molecular formula is C28H34O2. The van der Waals surface area contributed by atoms with Crippen LogP contribution < -0.4 is 9.47 Å². The van der Waals surface area contributed by atoms with Gasteiger partial charge in [0.1, 0.15) is 23.7 Å². The minimum atomic E-state index is 0.373. The zero-order chi connectivity index (χ0) is 20.1. The third-order valence-corrected chi connectivity index (χ3v) is 8.68.